The molecular weight excluding hydrogens is 208 g/mol. The minimum atomic E-state index is -0.493. The van der Waals surface area contributed by atoms with Crippen molar-refractivity contribution in [2.45, 2.75) is 13.8 Å². The average molecular weight is 224 g/mol. The van der Waals surface area contributed by atoms with E-state index in [1.54, 1.807) is 13.8 Å². The largest absolute Gasteiger partial charge is 0.458 e. The Morgan fingerprint density at radius 2 is 1.19 bits per heavy atom. The smallest absolute Gasteiger partial charge is 0.333 e. The Hall–Kier alpha value is -1.84. The molecule has 0 fully saturated rings. The molecule has 0 heterocycles. The normalized spacial score (nSPS) is 9.12. The number of hydrogen-bond donors (Lipinski definition) is 0. The van der Waals surface area contributed by atoms with Crippen LogP contribution < -0.4 is 0 Å². The highest BCUT2D eigenvalue weighted by molar-refractivity contribution is 5.87. The van der Waals surface area contributed by atoms with Gasteiger partial charge >= 0.3 is 11.9 Å². The molecule has 0 bridgehead atoms. The van der Waals surface area contributed by atoms with E-state index in [2.05, 4.69) is 19.7 Å². The topological polar surface area (TPSA) is 52.6 Å². The minimum Gasteiger partial charge on any atom is -0.458 e. The fourth-order valence-electron chi connectivity index (χ4n) is 0.623. The molecule has 0 aromatic rings. The number of rotatable bonds is 6. The number of hydrogen-bond acceptors (Lipinski definition) is 4. The van der Waals surface area contributed by atoms with Gasteiger partial charge in [0.1, 0.15) is 13.2 Å². The van der Waals surface area contributed by atoms with Crippen molar-refractivity contribution in [3.63, 3.8) is 0 Å². The summed E-state index contributed by atoms with van der Waals surface area (Å²) in [5.74, 6) is -0.986. The van der Waals surface area contributed by atoms with Crippen molar-refractivity contribution >= 4 is 11.9 Å². The molecule has 0 aliphatic heterocycles. The van der Waals surface area contributed by atoms with Gasteiger partial charge in [-0.05, 0) is 19.4 Å². The van der Waals surface area contributed by atoms with Crippen molar-refractivity contribution in [3.05, 3.63) is 36.5 Å². The molecule has 0 aromatic carbocycles. The van der Waals surface area contributed by atoms with Crippen molar-refractivity contribution in [3.8, 4) is 0 Å². The lowest BCUT2D eigenvalue weighted by molar-refractivity contribution is -0.139. The Labute approximate surface area is 95.2 Å². The first kappa shape index (κ1) is 14.2. The maximum Gasteiger partial charge on any atom is 0.333 e. The first-order valence-electron chi connectivity index (χ1n) is 4.66. The zero-order chi connectivity index (χ0) is 12.7. The molecule has 0 aliphatic carbocycles. The zero-order valence-corrected chi connectivity index (χ0v) is 9.67. The van der Waals surface area contributed by atoms with E-state index < -0.39 is 11.9 Å². The van der Waals surface area contributed by atoms with Gasteiger partial charge < -0.3 is 9.47 Å². The molecular formula is C12H16O4. The van der Waals surface area contributed by atoms with Crippen molar-refractivity contribution in [1.82, 2.24) is 0 Å². The minimum absolute atomic E-state index is 0.00909. The molecule has 0 saturated heterocycles. The molecule has 0 radical (unpaired) electrons. The summed E-state index contributed by atoms with van der Waals surface area (Å²) in [5, 5.41) is 0. The lowest BCUT2D eigenvalue weighted by Crippen LogP contribution is -2.13. The summed E-state index contributed by atoms with van der Waals surface area (Å²) in [6.07, 6.45) is 0. The van der Waals surface area contributed by atoms with Crippen LogP contribution in [0.2, 0.25) is 0 Å². The molecule has 0 amide bonds. The Bertz CT molecular complexity index is 307. The second-order valence-electron chi connectivity index (χ2n) is 3.46. The van der Waals surface area contributed by atoms with Crippen LogP contribution in [0.25, 0.3) is 0 Å². The van der Waals surface area contributed by atoms with Crippen LogP contribution in [0.4, 0.5) is 0 Å². The lowest BCUT2D eigenvalue weighted by Gasteiger charge is -2.08. The molecule has 0 aromatic heterocycles. The molecule has 88 valence electrons. The molecule has 0 spiro atoms. The van der Waals surface area contributed by atoms with E-state index >= 15 is 0 Å². The van der Waals surface area contributed by atoms with Crippen molar-refractivity contribution in [2.24, 2.45) is 0 Å². The van der Waals surface area contributed by atoms with E-state index in [1.807, 2.05) is 0 Å². The van der Waals surface area contributed by atoms with Gasteiger partial charge in [0.05, 0.1) is 0 Å². The highest BCUT2D eigenvalue weighted by Gasteiger charge is 2.07. The van der Waals surface area contributed by atoms with Crippen LogP contribution in [0.5, 0.6) is 0 Å². The predicted octanol–water partition coefficient (Wildman–Crippen LogP) is 1.78. The quantitative estimate of drug-likeness (QED) is 0.392. The van der Waals surface area contributed by atoms with E-state index in [-0.39, 0.29) is 13.2 Å². The summed E-state index contributed by atoms with van der Waals surface area (Å²) in [5.41, 5.74) is 1.11. The third-order valence-electron chi connectivity index (χ3n) is 1.51. The van der Waals surface area contributed by atoms with Gasteiger partial charge in [-0.1, -0.05) is 19.7 Å². The molecule has 16 heavy (non-hydrogen) atoms. The van der Waals surface area contributed by atoms with Crippen LogP contribution in [-0.4, -0.2) is 25.2 Å². The third-order valence-corrected chi connectivity index (χ3v) is 1.51. The highest BCUT2D eigenvalue weighted by atomic mass is 16.5. The Kier molecular flexibility index (Phi) is 5.85. The first-order chi connectivity index (χ1) is 7.34. The summed E-state index contributed by atoms with van der Waals surface area (Å²) in [7, 11) is 0. The molecule has 0 N–H and O–H groups in total. The van der Waals surface area contributed by atoms with E-state index in [9.17, 15) is 9.59 Å². The van der Waals surface area contributed by atoms with E-state index in [1.165, 1.54) is 0 Å². The highest BCUT2D eigenvalue weighted by Crippen LogP contribution is 2.00. The summed E-state index contributed by atoms with van der Waals surface area (Å²) in [6.45, 7) is 13.6. The van der Waals surface area contributed by atoms with E-state index in [0.29, 0.717) is 16.7 Å². The second kappa shape index (κ2) is 6.61. The van der Waals surface area contributed by atoms with Crippen LogP contribution in [0, 0.1) is 0 Å². The summed E-state index contributed by atoms with van der Waals surface area (Å²) in [6, 6.07) is 0. The molecule has 4 nitrogen and oxygen atoms in total. The number of ether oxygens (including phenoxy) is 2. The van der Waals surface area contributed by atoms with E-state index in [4.69, 9.17) is 9.47 Å². The van der Waals surface area contributed by atoms with Gasteiger partial charge in [-0.2, -0.15) is 0 Å². The zero-order valence-electron chi connectivity index (χ0n) is 9.67. The van der Waals surface area contributed by atoms with Gasteiger partial charge in [-0.3, -0.25) is 0 Å². The third kappa shape index (κ3) is 5.80. The van der Waals surface area contributed by atoms with Gasteiger partial charge in [0.15, 0.2) is 0 Å². The average Bonchev–Trinajstić information content (AvgIpc) is 2.21. The Morgan fingerprint density at radius 1 is 0.875 bits per heavy atom. The number of esters is 2. The van der Waals surface area contributed by atoms with Gasteiger partial charge in [0.2, 0.25) is 0 Å². The summed E-state index contributed by atoms with van der Waals surface area (Å²) < 4.78 is 9.61. The molecule has 0 rings (SSSR count). The van der Waals surface area contributed by atoms with Gasteiger partial charge in [0, 0.05) is 11.1 Å². The van der Waals surface area contributed by atoms with Crippen molar-refractivity contribution in [2.75, 3.05) is 13.2 Å². The van der Waals surface area contributed by atoms with Gasteiger partial charge in [-0.25, -0.2) is 9.59 Å². The van der Waals surface area contributed by atoms with Gasteiger partial charge in [0.25, 0.3) is 0 Å². The van der Waals surface area contributed by atoms with Crippen LogP contribution in [0.3, 0.4) is 0 Å². The second-order valence-corrected chi connectivity index (χ2v) is 3.46. The van der Waals surface area contributed by atoms with Crippen LogP contribution in [0.15, 0.2) is 36.5 Å². The fraction of sp³-hybridized carbons (Fsp3) is 0.333. The lowest BCUT2D eigenvalue weighted by atomic mass is 10.3. The maximum absolute atomic E-state index is 11.0. The van der Waals surface area contributed by atoms with Gasteiger partial charge in [-0.15, -0.1) is 0 Å². The monoisotopic (exact) mass is 224 g/mol. The standard InChI is InChI=1S/C12H16O4/c1-8(2)11(13)15-6-10(5)7-16-12(14)9(3)4/h1,3,5-7H2,2,4H3. The van der Waals surface area contributed by atoms with Crippen LogP contribution >= 0.6 is 0 Å². The Morgan fingerprint density at radius 3 is 1.44 bits per heavy atom. The molecule has 4 heteroatoms. The number of carbonyl (C=O) groups is 2. The van der Waals surface area contributed by atoms with Crippen molar-refractivity contribution < 1.29 is 19.1 Å². The molecule has 0 saturated carbocycles. The maximum atomic E-state index is 11.0. The fourth-order valence-corrected chi connectivity index (χ4v) is 0.623. The first-order valence-corrected chi connectivity index (χ1v) is 4.66. The summed E-state index contributed by atoms with van der Waals surface area (Å²) in [4.78, 5) is 22.0. The van der Waals surface area contributed by atoms with Crippen LogP contribution in [-0.2, 0) is 19.1 Å². The Balaban J connectivity index is 3.84. The molecule has 0 aliphatic rings. The number of carbonyl (C=O) groups excluding carboxylic acids is 2. The predicted molar refractivity (Wildman–Crippen MR) is 60.7 cm³/mol. The van der Waals surface area contributed by atoms with Crippen molar-refractivity contribution in [1.29, 1.82) is 0 Å². The molecule has 0 unspecified atom stereocenters. The van der Waals surface area contributed by atoms with Crippen LogP contribution in [0.1, 0.15) is 13.8 Å². The van der Waals surface area contributed by atoms with E-state index in [0.717, 1.165) is 0 Å². The summed E-state index contributed by atoms with van der Waals surface area (Å²) >= 11 is 0. The molecule has 0 atom stereocenters. The SMILES string of the molecule is C=C(COC(=O)C(=C)C)COC(=O)C(=C)C.